The van der Waals surface area contributed by atoms with Crippen LogP contribution in [0.5, 0.6) is 5.75 Å². The minimum atomic E-state index is -4.46. The molecule has 3 rings (SSSR count). The third-order valence-corrected chi connectivity index (χ3v) is 6.94. The summed E-state index contributed by atoms with van der Waals surface area (Å²) in [5.41, 5.74) is 0.958. The van der Waals surface area contributed by atoms with Crippen molar-refractivity contribution >= 4 is 17.5 Å². The molecule has 6 nitrogen and oxygen atoms in total. The van der Waals surface area contributed by atoms with E-state index in [0.717, 1.165) is 16.7 Å². The van der Waals surface area contributed by atoms with Crippen LogP contribution in [0.3, 0.4) is 0 Å². The van der Waals surface area contributed by atoms with Crippen molar-refractivity contribution < 1.29 is 23.1 Å². The van der Waals surface area contributed by atoms with Gasteiger partial charge >= 0.3 is 6.18 Å². The zero-order chi connectivity index (χ0) is 25.3. The van der Waals surface area contributed by atoms with Crippen LogP contribution in [0.4, 0.5) is 13.2 Å². The van der Waals surface area contributed by atoms with Gasteiger partial charge in [0.1, 0.15) is 11.6 Å². The number of nitrogens with zero attached hydrogens (tertiary/aromatic N) is 3. The van der Waals surface area contributed by atoms with Gasteiger partial charge in [-0.25, -0.2) is 9.97 Å². The fraction of sp³-hybridized carbons (Fsp3) is 0.542. The number of carbonyl (C=O) groups is 1. The molecule has 1 heterocycles. The molecular weight excluding hydrogens is 469 g/mol. The van der Waals surface area contributed by atoms with Crippen molar-refractivity contribution in [1.29, 1.82) is 0 Å². The van der Waals surface area contributed by atoms with Crippen LogP contribution in [0, 0.1) is 19.3 Å². The van der Waals surface area contributed by atoms with E-state index in [-0.39, 0.29) is 48.4 Å². The predicted octanol–water partition coefficient (Wildman–Crippen LogP) is 4.56. The Bertz CT molecular complexity index is 1000. The average molecular weight is 499 g/mol. The molecule has 1 saturated carbocycles. The molecule has 2 N–H and O–H groups in total. The highest BCUT2D eigenvalue weighted by molar-refractivity contribution is 6.30. The van der Waals surface area contributed by atoms with Crippen molar-refractivity contribution in [1.82, 2.24) is 20.2 Å². The van der Waals surface area contributed by atoms with Crippen molar-refractivity contribution in [2.24, 2.45) is 5.41 Å². The van der Waals surface area contributed by atoms with E-state index in [2.05, 4.69) is 15.3 Å². The van der Waals surface area contributed by atoms with E-state index < -0.39 is 23.4 Å². The zero-order valence-electron chi connectivity index (χ0n) is 19.7. The first-order valence-corrected chi connectivity index (χ1v) is 11.5. The van der Waals surface area contributed by atoms with Crippen LogP contribution in [0.2, 0.25) is 5.02 Å². The molecule has 1 aliphatic carbocycles. The number of rotatable bonds is 9. The number of hydrogen-bond acceptors (Lipinski definition) is 5. The molecule has 34 heavy (non-hydrogen) atoms. The monoisotopic (exact) mass is 498 g/mol. The Labute approximate surface area is 202 Å². The maximum Gasteiger partial charge on any atom is 0.395 e. The summed E-state index contributed by atoms with van der Waals surface area (Å²) in [4.78, 5) is 22.8. The molecule has 1 unspecified atom stereocenters. The van der Waals surface area contributed by atoms with E-state index in [9.17, 15) is 23.1 Å². The molecule has 2 aromatic rings. The molecular formula is C24H30ClF3N4O2. The SMILES string of the molecule is Cc1cc(O)cc(C)c1C[C@@H](CNC(=O)CC(c1ncc(Cl)cn1)C1(C(F)(F)F)CC1)N(C)C. The average Bonchev–Trinajstić information content (AvgIpc) is 3.53. The van der Waals surface area contributed by atoms with Crippen LogP contribution in [-0.4, -0.2) is 58.7 Å². The molecule has 0 aliphatic heterocycles. The molecule has 1 fully saturated rings. The van der Waals surface area contributed by atoms with Gasteiger partial charge in [0, 0.05) is 37.3 Å². The predicted molar refractivity (Wildman–Crippen MR) is 124 cm³/mol. The normalized spacial score (nSPS) is 16.9. The van der Waals surface area contributed by atoms with Crippen LogP contribution < -0.4 is 5.32 Å². The van der Waals surface area contributed by atoms with Gasteiger partial charge in [0.15, 0.2) is 0 Å². The Kier molecular flexibility index (Phi) is 7.77. The lowest BCUT2D eigenvalue weighted by atomic mass is 9.84. The summed E-state index contributed by atoms with van der Waals surface area (Å²) in [7, 11) is 3.77. The van der Waals surface area contributed by atoms with Gasteiger partial charge in [-0.05, 0) is 76.0 Å². The number of alkyl halides is 3. The second-order valence-corrected chi connectivity index (χ2v) is 9.79. The lowest BCUT2D eigenvalue weighted by molar-refractivity contribution is -0.195. The number of hydrogen-bond donors (Lipinski definition) is 2. The third-order valence-electron chi connectivity index (χ3n) is 6.75. The first-order valence-electron chi connectivity index (χ1n) is 11.1. The first kappa shape index (κ1) is 26.2. The molecule has 0 bridgehead atoms. The molecule has 1 aliphatic rings. The fourth-order valence-corrected chi connectivity index (χ4v) is 4.55. The summed E-state index contributed by atoms with van der Waals surface area (Å²) in [5.74, 6) is -1.48. The van der Waals surface area contributed by atoms with Crippen molar-refractivity contribution in [3.63, 3.8) is 0 Å². The van der Waals surface area contributed by atoms with Gasteiger partial charge in [0.2, 0.25) is 5.91 Å². The lowest BCUT2D eigenvalue weighted by Gasteiger charge is -2.29. The second kappa shape index (κ2) is 10.1. The number of halogens is 4. The van der Waals surface area contributed by atoms with E-state index in [1.165, 1.54) is 12.4 Å². The second-order valence-electron chi connectivity index (χ2n) is 9.35. The molecule has 0 saturated heterocycles. The van der Waals surface area contributed by atoms with Gasteiger partial charge < -0.3 is 15.3 Å². The minimum absolute atomic E-state index is 0.0196. The number of phenols is 1. The molecule has 0 radical (unpaired) electrons. The standard InChI is InChI=1S/C24H30ClF3N4O2/c1-14-7-18(33)8-15(2)19(14)9-17(32(3)4)13-29-21(34)10-20(22-30-11-16(25)12-31-22)23(5-6-23)24(26,27)28/h7-8,11-12,17,20,33H,5-6,9-10,13H2,1-4H3,(H,29,34)/t17-,20?/m0/s1. The smallest absolute Gasteiger partial charge is 0.395 e. The van der Waals surface area contributed by atoms with Gasteiger partial charge in [0.05, 0.1) is 10.4 Å². The van der Waals surface area contributed by atoms with Gasteiger partial charge in [-0.1, -0.05) is 11.6 Å². The van der Waals surface area contributed by atoms with Crippen LogP contribution in [0.25, 0.3) is 0 Å². The summed E-state index contributed by atoms with van der Waals surface area (Å²) >= 11 is 5.81. The number of phenolic OH excluding ortho intramolecular Hbond substituents is 1. The van der Waals surface area contributed by atoms with E-state index in [0.29, 0.717) is 6.42 Å². The summed E-state index contributed by atoms with van der Waals surface area (Å²) < 4.78 is 41.7. The van der Waals surface area contributed by atoms with Gasteiger partial charge in [0.25, 0.3) is 0 Å². The Morgan fingerprint density at radius 1 is 1.21 bits per heavy atom. The molecule has 1 amide bonds. The molecule has 186 valence electrons. The molecule has 0 spiro atoms. The van der Waals surface area contributed by atoms with E-state index in [4.69, 9.17) is 11.6 Å². The van der Waals surface area contributed by atoms with Crippen LogP contribution in [0.15, 0.2) is 24.5 Å². The number of amides is 1. The Hall–Kier alpha value is -2.39. The maximum absolute atomic E-state index is 13.9. The topological polar surface area (TPSA) is 78.3 Å². The number of aromatic nitrogens is 2. The van der Waals surface area contributed by atoms with E-state index in [1.807, 2.05) is 32.8 Å². The maximum atomic E-state index is 13.9. The number of carbonyl (C=O) groups excluding carboxylic acids is 1. The molecule has 2 atom stereocenters. The van der Waals surface area contributed by atoms with Crippen LogP contribution in [0.1, 0.15) is 47.7 Å². The number of benzene rings is 1. The molecule has 10 heteroatoms. The minimum Gasteiger partial charge on any atom is -0.508 e. The summed E-state index contributed by atoms with van der Waals surface area (Å²) in [6.45, 7) is 4.09. The van der Waals surface area contributed by atoms with Crippen molar-refractivity contribution in [3.8, 4) is 5.75 Å². The van der Waals surface area contributed by atoms with Crippen LogP contribution in [-0.2, 0) is 11.2 Å². The number of nitrogens with one attached hydrogen (secondary N) is 1. The summed E-state index contributed by atoms with van der Waals surface area (Å²) in [5, 5.41) is 12.8. The Morgan fingerprint density at radius 3 is 2.24 bits per heavy atom. The van der Waals surface area contributed by atoms with Gasteiger partial charge in [-0.2, -0.15) is 13.2 Å². The van der Waals surface area contributed by atoms with Crippen LogP contribution >= 0.6 is 11.6 Å². The Morgan fingerprint density at radius 2 is 1.76 bits per heavy atom. The zero-order valence-corrected chi connectivity index (χ0v) is 20.5. The molecule has 1 aromatic heterocycles. The van der Waals surface area contributed by atoms with Gasteiger partial charge in [-0.15, -0.1) is 0 Å². The van der Waals surface area contributed by atoms with Crippen molar-refractivity contribution in [2.45, 2.75) is 57.7 Å². The van der Waals surface area contributed by atoms with E-state index in [1.54, 1.807) is 12.1 Å². The Balaban J connectivity index is 1.73. The lowest BCUT2D eigenvalue weighted by Crippen LogP contribution is -2.43. The number of likely N-dealkylation sites (N-methyl/N-ethyl adjacent to an activating group) is 1. The highest BCUT2D eigenvalue weighted by Crippen LogP contribution is 2.65. The third kappa shape index (κ3) is 5.81. The van der Waals surface area contributed by atoms with Crippen molar-refractivity contribution in [2.75, 3.05) is 20.6 Å². The van der Waals surface area contributed by atoms with Crippen molar-refractivity contribution in [3.05, 3.63) is 52.1 Å². The van der Waals surface area contributed by atoms with Gasteiger partial charge in [-0.3, -0.25) is 4.79 Å². The largest absolute Gasteiger partial charge is 0.508 e. The fourth-order valence-electron chi connectivity index (χ4n) is 4.45. The van der Waals surface area contributed by atoms with E-state index >= 15 is 0 Å². The summed E-state index contributed by atoms with van der Waals surface area (Å²) in [6.07, 6.45) is -1.81. The summed E-state index contributed by atoms with van der Waals surface area (Å²) in [6, 6.07) is 3.29. The quantitative estimate of drug-likeness (QED) is 0.530. The highest BCUT2D eigenvalue weighted by atomic mass is 35.5. The molecule has 1 aromatic carbocycles. The number of aryl methyl sites for hydroxylation is 2. The highest BCUT2D eigenvalue weighted by Gasteiger charge is 2.68. The first-order chi connectivity index (χ1) is 15.8. The number of aromatic hydroxyl groups is 1.